The Hall–Kier alpha value is -1.15. The fraction of sp³-hybridized carbons (Fsp3) is 0.500. The summed E-state index contributed by atoms with van der Waals surface area (Å²) in [6, 6.07) is 9.49. The number of likely N-dealkylation sites (N-methyl/N-ethyl adjacent to an activating group) is 1. The van der Waals surface area contributed by atoms with Crippen LogP contribution in [0.1, 0.15) is 30.6 Å². The summed E-state index contributed by atoms with van der Waals surface area (Å²) in [5, 5.41) is 0. The van der Waals surface area contributed by atoms with Crippen molar-refractivity contribution in [1.29, 1.82) is 0 Å². The van der Waals surface area contributed by atoms with Crippen LogP contribution in [0.5, 0.6) is 0 Å². The van der Waals surface area contributed by atoms with Gasteiger partial charge in [0.25, 0.3) is 0 Å². The second-order valence-corrected chi connectivity index (χ2v) is 4.50. The second kappa shape index (κ2) is 6.44. The van der Waals surface area contributed by atoms with Gasteiger partial charge in [-0.1, -0.05) is 50.6 Å². The average molecular weight is 219 g/mol. The molecule has 0 saturated carbocycles. The van der Waals surface area contributed by atoms with E-state index in [1.54, 1.807) is 0 Å². The molecule has 1 rings (SSSR count). The number of ketones is 1. The van der Waals surface area contributed by atoms with Crippen molar-refractivity contribution in [2.24, 2.45) is 5.92 Å². The molecule has 2 heteroatoms. The van der Waals surface area contributed by atoms with Crippen molar-refractivity contribution in [3.05, 3.63) is 35.9 Å². The lowest BCUT2D eigenvalue weighted by molar-refractivity contribution is 0.0939. The normalized spacial score (nSPS) is 12.8. The molecular formula is C14H21NO. The molecule has 0 fully saturated rings. The molecule has 0 heterocycles. The molecule has 0 aromatic heterocycles. The van der Waals surface area contributed by atoms with E-state index < -0.39 is 0 Å². The Labute approximate surface area is 98.3 Å². The number of hydrogen-bond donors (Lipinski definition) is 0. The van der Waals surface area contributed by atoms with E-state index in [-0.39, 0.29) is 5.78 Å². The van der Waals surface area contributed by atoms with Crippen LogP contribution < -0.4 is 0 Å². The predicted molar refractivity (Wildman–Crippen MR) is 67.7 cm³/mol. The molecule has 1 aromatic rings. The van der Waals surface area contributed by atoms with E-state index in [0.29, 0.717) is 12.5 Å². The molecule has 1 aromatic carbocycles. The lowest BCUT2D eigenvalue weighted by atomic mass is 10.1. The maximum absolute atomic E-state index is 11.9. The Morgan fingerprint density at radius 3 is 2.50 bits per heavy atom. The fourth-order valence-electron chi connectivity index (χ4n) is 1.69. The van der Waals surface area contributed by atoms with Crippen LogP contribution in [0, 0.1) is 5.92 Å². The molecule has 2 nitrogen and oxygen atoms in total. The lowest BCUT2D eigenvalue weighted by Crippen LogP contribution is -2.29. The molecule has 0 aliphatic heterocycles. The number of Topliss-reactive ketones (excluding diaryl/α,β-unsaturated/α-hetero) is 1. The topological polar surface area (TPSA) is 20.3 Å². The summed E-state index contributed by atoms with van der Waals surface area (Å²) in [4.78, 5) is 14.0. The third-order valence-corrected chi connectivity index (χ3v) is 2.83. The molecule has 0 amide bonds. The highest BCUT2D eigenvalue weighted by Gasteiger charge is 2.10. The van der Waals surface area contributed by atoms with E-state index in [2.05, 4.69) is 18.7 Å². The summed E-state index contributed by atoms with van der Waals surface area (Å²) in [6.07, 6.45) is 1.16. The summed E-state index contributed by atoms with van der Waals surface area (Å²) in [5.74, 6) is 0.847. The standard InChI is InChI=1S/C14H21NO/c1-4-12(2)10-15(3)11-14(16)13-8-6-5-7-9-13/h5-9,12H,4,10-11H2,1-3H3. The minimum absolute atomic E-state index is 0.200. The first-order valence-corrected chi connectivity index (χ1v) is 5.90. The molecule has 0 aliphatic carbocycles. The SMILES string of the molecule is CCC(C)CN(C)CC(=O)c1ccccc1. The van der Waals surface area contributed by atoms with Gasteiger partial charge in [0.1, 0.15) is 0 Å². The number of carbonyl (C=O) groups is 1. The summed E-state index contributed by atoms with van der Waals surface area (Å²) in [7, 11) is 2.01. The van der Waals surface area contributed by atoms with E-state index in [1.165, 1.54) is 0 Å². The molecule has 0 bridgehead atoms. The van der Waals surface area contributed by atoms with Gasteiger partial charge in [-0.15, -0.1) is 0 Å². The fourth-order valence-corrected chi connectivity index (χ4v) is 1.69. The van der Waals surface area contributed by atoms with Crippen LogP contribution in [0.3, 0.4) is 0 Å². The van der Waals surface area contributed by atoms with Crippen LogP contribution in [0.2, 0.25) is 0 Å². The summed E-state index contributed by atoms with van der Waals surface area (Å²) < 4.78 is 0. The van der Waals surface area contributed by atoms with E-state index in [9.17, 15) is 4.79 Å². The van der Waals surface area contributed by atoms with Crippen molar-refractivity contribution in [1.82, 2.24) is 4.90 Å². The zero-order valence-corrected chi connectivity index (χ0v) is 10.4. The molecule has 0 radical (unpaired) electrons. The number of carbonyl (C=O) groups excluding carboxylic acids is 1. The first kappa shape index (κ1) is 12.9. The molecule has 0 aliphatic rings. The molecule has 1 unspecified atom stereocenters. The monoisotopic (exact) mass is 219 g/mol. The van der Waals surface area contributed by atoms with E-state index >= 15 is 0 Å². The summed E-state index contributed by atoms with van der Waals surface area (Å²) in [6.45, 7) is 5.88. The summed E-state index contributed by atoms with van der Waals surface area (Å²) >= 11 is 0. The van der Waals surface area contributed by atoms with E-state index in [4.69, 9.17) is 0 Å². The third kappa shape index (κ3) is 4.15. The van der Waals surface area contributed by atoms with Crippen molar-refractivity contribution in [2.45, 2.75) is 20.3 Å². The van der Waals surface area contributed by atoms with Gasteiger partial charge in [-0.05, 0) is 13.0 Å². The Morgan fingerprint density at radius 2 is 1.94 bits per heavy atom. The second-order valence-electron chi connectivity index (χ2n) is 4.50. The zero-order chi connectivity index (χ0) is 12.0. The van der Waals surface area contributed by atoms with Crippen molar-refractivity contribution in [3.63, 3.8) is 0 Å². The molecular weight excluding hydrogens is 198 g/mol. The zero-order valence-electron chi connectivity index (χ0n) is 10.4. The van der Waals surface area contributed by atoms with E-state index in [1.807, 2.05) is 37.4 Å². The van der Waals surface area contributed by atoms with Crippen LogP contribution in [-0.4, -0.2) is 30.8 Å². The molecule has 16 heavy (non-hydrogen) atoms. The first-order valence-electron chi connectivity index (χ1n) is 5.90. The summed E-state index contributed by atoms with van der Waals surface area (Å²) in [5.41, 5.74) is 0.804. The van der Waals surface area contributed by atoms with Gasteiger partial charge in [0.15, 0.2) is 5.78 Å². The van der Waals surface area contributed by atoms with Crippen molar-refractivity contribution < 1.29 is 4.79 Å². The molecule has 0 N–H and O–H groups in total. The van der Waals surface area contributed by atoms with Gasteiger partial charge < -0.3 is 0 Å². The van der Waals surface area contributed by atoms with Gasteiger partial charge in [0.05, 0.1) is 6.54 Å². The number of hydrogen-bond acceptors (Lipinski definition) is 2. The molecule has 0 saturated heterocycles. The number of rotatable bonds is 6. The van der Waals surface area contributed by atoms with Gasteiger partial charge in [0, 0.05) is 12.1 Å². The largest absolute Gasteiger partial charge is 0.299 e. The van der Waals surface area contributed by atoms with Crippen molar-refractivity contribution in [2.75, 3.05) is 20.1 Å². The van der Waals surface area contributed by atoms with Crippen LogP contribution in [0.15, 0.2) is 30.3 Å². The highest BCUT2D eigenvalue weighted by Crippen LogP contribution is 2.05. The van der Waals surface area contributed by atoms with Gasteiger partial charge in [-0.3, -0.25) is 9.69 Å². The minimum Gasteiger partial charge on any atom is -0.299 e. The van der Waals surface area contributed by atoms with Crippen LogP contribution in [-0.2, 0) is 0 Å². The maximum Gasteiger partial charge on any atom is 0.176 e. The smallest absolute Gasteiger partial charge is 0.176 e. The minimum atomic E-state index is 0.200. The first-order chi connectivity index (χ1) is 7.63. The highest BCUT2D eigenvalue weighted by molar-refractivity contribution is 5.97. The third-order valence-electron chi connectivity index (χ3n) is 2.83. The van der Waals surface area contributed by atoms with Crippen molar-refractivity contribution >= 4 is 5.78 Å². The van der Waals surface area contributed by atoms with Crippen LogP contribution >= 0.6 is 0 Å². The van der Waals surface area contributed by atoms with E-state index in [0.717, 1.165) is 18.5 Å². The van der Waals surface area contributed by atoms with Gasteiger partial charge >= 0.3 is 0 Å². The van der Waals surface area contributed by atoms with Gasteiger partial charge in [-0.25, -0.2) is 0 Å². The molecule has 88 valence electrons. The predicted octanol–water partition coefficient (Wildman–Crippen LogP) is 2.85. The lowest BCUT2D eigenvalue weighted by Gasteiger charge is -2.19. The van der Waals surface area contributed by atoms with Gasteiger partial charge in [0.2, 0.25) is 0 Å². The Bertz CT molecular complexity index is 321. The highest BCUT2D eigenvalue weighted by atomic mass is 16.1. The number of nitrogens with zero attached hydrogens (tertiary/aromatic N) is 1. The van der Waals surface area contributed by atoms with Gasteiger partial charge in [-0.2, -0.15) is 0 Å². The van der Waals surface area contributed by atoms with Crippen LogP contribution in [0.25, 0.3) is 0 Å². The maximum atomic E-state index is 11.9. The van der Waals surface area contributed by atoms with Crippen LogP contribution in [0.4, 0.5) is 0 Å². The van der Waals surface area contributed by atoms with Crippen molar-refractivity contribution in [3.8, 4) is 0 Å². The average Bonchev–Trinajstić information content (AvgIpc) is 2.29. The Kier molecular flexibility index (Phi) is 5.20. The molecule has 1 atom stereocenters. The molecule has 0 spiro atoms. The Balaban J connectivity index is 2.46. The number of benzene rings is 1. The quantitative estimate of drug-likeness (QED) is 0.686. The Morgan fingerprint density at radius 1 is 1.31 bits per heavy atom.